The van der Waals surface area contributed by atoms with Gasteiger partial charge in [0.25, 0.3) is 0 Å². The smallest absolute Gasteiger partial charge is 0.223 e. The van der Waals surface area contributed by atoms with Gasteiger partial charge in [0.1, 0.15) is 11.6 Å². The van der Waals surface area contributed by atoms with Crippen LogP contribution >= 0.6 is 0 Å². The van der Waals surface area contributed by atoms with Crippen molar-refractivity contribution in [1.82, 2.24) is 9.97 Å². The van der Waals surface area contributed by atoms with Gasteiger partial charge in [0.2, 0.25) is 5.88 Å². The average molecular weight is 305 g/mol. The maximum Gasteiger partial charge on any atom is 0.223 e. The van der Waals surface area contributed by atoms with Crippen molar-refractivity contribution in [2.45, 2.75) is 13.3 Å². The van der Waals surface area contributed by atoms with E-state index in [2.05, 4.69) is 9.97 Å². The van der Waals surface area contributed by atoms with E-state index >= 15 is 0 Å². The van der Waals surface area contributed by atoms with Crippen LogP contribution in [-0.2, 0) is 6.42 Å². The summed E-state index contributed by atoms with van der Waals surface area (Å²) < 4.78 is 6.00. The van der Waals surface area contributed by atoms with Gasteiger partial charge in [-0.1, -0.05) is 48.5 Å². The number of hydrogen-bond donors (Lipinski definition) is 1. The quantitative estimate of drug-likeness (QED) is 0.780. The molecule has 0 bridgehead atoms. The molecule has 116 valence electrons. The van der Waals surface area contributed by atoms with Gasteiger partial charge in [-0.25, -0.2) is 4.98 Å². The van der Waals surface area contributed by atoms with Crippen molar-refractivity contribution in [3.63, 3.8) is 0 Å². The standard InChI is InChI=1S/C19H19N3O/c1-14-21-17(15-7-3-2-4-8-15)13-19(22-14)23-18-10-6-5-9-16(18)11-12-20/h2-10,13H,11-12,20H2,1H3. The third-order valence-electron chi connectivity index (χ3n) is 3.48. The molecule has 1 heterocycles. The molecule has 4 nitrogen and oxygen atoms in total. The van der Waals surface area contributed by atoms with Crippen LogP contribution in [0.1, 0.15) is 11.4 Å². The van der Waals surface area contributed by atoms with Crippen molar-refractivity contribution in [1.29, 1.82) is 0 Å². The first kappa shape index (κ1) is 15.2. The molecule has 0 radical (unpaired) electrons. The number of nitrogens with zero attached hydrogens (tertiary/aromatic N) is 2. The fourth-order valence-electron chi connectivity index (χ4n) is 2.43. The molecule has 3 aromatic rings. The van der Waals surface area contributed by atoms with Crippen LogP contribution in [0.5, 0.6) is 11.6 Å². The summed E-state index contributed by atoms with van der Waals surface area (Å²) in [5.74, 6) is 2.01. The molecule has 4 heteroatoms. The molecule has 2 aromatic carbocycles. The van der Waals surface area contributed by atoms with E-state index in [0.29, 0.717) is 18.2 Å². The zero-order chi connectivity index (χ0) is 16.1. The van der Waals surface area contributed by atoms with Gasteiger partial charge < -0.3 is 10.5 Å². The third kappa shape index (κ3) is 3.73. The highest BCUT2D eigenvalue weighted by atomic mass is 16.5. The molecule has 0 aliphatic heterocycles. The zero-order valence-electron chi connectivity index (χ0n) is 13.1. The molecule has 3 rings (SSSR count). The van der Waals surface area contributed by atoms with Crippen LogP contribution in [0.3, 0.4) is 0 Å². The lowest BCUT2D eigenvalue weighted by atomic mass is 10.1. The van der Waals surface area contributed by atoms with E-state index in [0.717, 1.165) is 29.0 Å². The van der Waals surface area contributed by atoms with E-state index in [1.807, 2.05) is 67.6 Å². The Hall–Kier alpha value is -2.72. The summed E-state index contributed by atoms with van der Waals surface area (Å²) in [7, 11) is 0. The fourth-order valence-corrected chi connectivity index (χ4v) is 2.43. The first-order valence-electron chi connectivity index (χ1n) is 7.63. The Morgan fingerprint density at radius 3 is 2.48 bits per heavy atom. The first-order chi connectivity index (χ1) is 11.3. The summed E-state index contributed by atoms with van der Waals surface area (Å²) in [6, 6.07) is 19.8. The number of benzene rings is 2. The van der Waals surface area contributed by atoms with Crippen molar-refractivity contribution in [3.8, 4) is 22.9 Å². The molecule has 0 aliphatic carbocycles. The van der Waals surface area contributed by atoms with Gasteiger partial charge in [-0.15, -0.1) is 0 Å². The predicted octanol–water partition coefficient (Wildman–Crippen LogP) is 3.75. The van der Waals surface area contributed by atoms with Crippen LogP contribution in [0.2, 0.25) is 0 Å². The van der Waals surface area contributed by atoms with E-state index in [-0.39, 0.29) is 0 Å². The summed E-state index contributed by atoms with van der Waals surface area (Å²) >= 11 is 0. The second-order valence-electron chi connectivity index (χ2n) is 5.25. The van der Waals surface area contributed by atoms with E-state index in [1.54, 1.807) is 0 Å². The van der Waals surface area contributed by atoms with Crippen molar-refractivity contribution in [3.05, 3.63) is 72.1 Å². The van der Waals surface area contributed by atoms with E-state index in [9.17, 15) is 0 Å². The summed E-state index contributed by atoms with van der Waals surface area (Å²) in [6.45, 7) is 2.45. The number of ether oxygens (including phenoxy) is 1. The number of nitrogens with two attached hydrogens (primary N) is 1. The number of rotatable bonds is 5. The molecule has 0 saturated carbocycles. The average Bonchev–Trinajstić information content (AvgIpc) is 2.57. The maximum absolute atomic E-state index is 6.00. The highest BCUT2D eigenvalue weighted by Gasteiger charge is 2.08. The Morgan fingerprint density at radius 2 is 1.70 bits per heavy atom. The Bertz CT molecular complexity index is 788. The SMILES string of the molecule is Cc1nc(Oc2ccccc2CCN)cc(-c2ccccc2)n1. The van der Waals surface area contributed by atoms with Crippen LogP contribution < -0.4 is 10.5 Å². The van der Waals surface area contributed by atoms with Gasteiger partial charge in [0.05, 0.1) is 5.69 Å². The van der Waals surface area contributed by atoms with Crippen molar-refractivity contribution in [2.24, 2.45) is 5.73 Å². The Kier molecular flexibility index (Phi) is 4.64. The molecule has 0 atom stereocenters. The fraction of sp³-hybridized carbons (Fsp3) is 0.158. The van der Waals surface area contributed by atoms with Crippen LogP contribution in [-0.4, -0.2) is 16.5 Å². The Balaban J connectivity index is 1.94. The Labute approximate surface area is 136 Å². The van der Waals surface area contributed by atoms with E-state index < -0.39 is 0 Å². The van der Waals surface area contributed by atoms with E-state index in [4.69, 9.17) is 10.5 Å². The predicted molar refractivity (Wildman–Crippen MR) is 91.5 cm³/mol. The van der Waals surface area contributed by atoms with Gasteiger partial charge in [-0.2, -0.15) is 4.98 Å². The van der Waals surface area contributed by atoms with Crippen LogP contribution in [0, 0.1) is 6.92 Å². The summed E-state index contributed by atoms with van der Waals surface area (Å²) in [5.41, 5.74) is 8.63. The number of aryl methyl sites for hydroxylation is 1. The van der Waals surface area contributed by atoms with Crippen molar-refractivity contribution in [2.75, 3.05) is 6.54 Å². The van der Waals surface area contributed by atoms with Crippen molar-refractivity contribution >= 4 is 0 Å². The molecule has 0 spiro atoms. The highest BCUT2D eigenvalue weighted by molar-refractivity contribution is 5.60. The van der Waals surface area contributed by atoms with Crippen molar-refractivity contribution < 1.29 is 4.74 Å². The lowest BCUT2D eigenvalue weighted by Gasteiger charge is -2.11. The maximum atomic E-state index is 6.00. The summed E-state index contributed by atoms with van der Waals surface area (Å²) in [6.07, 6.45) is 0.770. The molecule has 2 N–H and O–H groups in total. The number of aromatic nitrogens is 2. The lowest BCUT2D eigenvalue weighted by molar-refractivity contribution is 0.454. The number of para-hydroxylation sites is 1. The molecule has 1 aromatic heterocycles. The first-order valence-corrected chi connectivity index (χ1v) is 7.63. The minimum Gasteiger partial charge on any atom is -0.439 e. The molecule has 0 aliphatic rings. The normalized spacial score (nSPS) is 10.5. The molecular weight excluding hydrogens is 286 g/mol. The second kappa shape index (κ2) is 7.03. The minimum absolute atomic E-state index is 0.542. The second-order valence-corrected chi connectivity index (χ2v) is 5.25. The highest BCUT2D eigenvalue weighted by Crippen LogP contribution is 2.27. The van der Waals surface area contributed by atoms with Gasteiger partial charge in [-0.3, -0.25) is 0 Å². The largest absolute Gasteiger partial charge is 0.439 e. The molecule has 0 saturated heterocycles. The topological polar surface area (TPSA) is 61.0 Å². The monoisotopic (exact) mass is 305 g/mol. The van der Waals surface area contributed by atoms with Gasteiger partial charge in [0, 0.05) is 11.6 Å². The molecule has 0 amide bonds. The van der Waals surface area contributed by atoms with Gasteiger partial charge >= 0.3 is 0 Å². The lowest BCUT2D eigenvalue weighted by Crippen LogP contribution is -2.04. The molecule has 23 heavy (non-hydrogen) atoms. The van der Waals surface area contributed by atoms with Crippen LogP contribution in [0.4, 0.5) is 0 Å². The number of hydrogen-bond acceptors (Lipinski definition) is 4. The third-order valence-corrected chi connectivity index (χ3v) is 3.48. The molecule has 0 fully saturated rings. The minimum atomic E-state index is 0.542. The van der Waals surface area contributed by atoms with E-state index in [1.165, 1.54) is 0 Å². The summed E-state index contributed by atoms with van der Waals surface area (Å²) in [4.78, 5) is 8.88. The van der Waals surface area contributed by atoms with Crippen LogP contribution in [0.15, 0.2) is 60.7 Å². The summed E-state index contributed by atoms with van der Waals surface area (Å²) in [5, 5.41) is 0. The Morgan fingerprint density at radius 1 is 0.957 bits per heavy atom. The van der Waals surface area contributed by atoms with Gasteiger partial charge in [-0.05, 0) is 31.5 Å². The van der Waals surface area contributed by atoms with Crippen LogP contribution in [0.25, 0.3) is 11.3 Å². The zero-order valence-corrected chi connectivity index (χ0v) is 13.1. The molecular formula is C19H19N3O. The van der Waals surface area contributed by atoms with Gasteiger partial charge in [0.15, 0.2) is 0 Å². The molecule has 0 unspecified atom stereocenters.